The Bertz CT molecular complexity index is 425. The summed E-state index contributed by atoms with van der Waals surface area (Å²) in [6, 6.07) is 3.51. The molecule has 0 N–H and O–H groups in total. The summed E-state index contributed by atoms with van der Waals surface area (Å²) in [4.78, 5) is 11.7. The van der Waals surface area contributed by atoms with Crippen molar-refractivity contribution in [1.29, 1.82) is 0 Å². The van der Waals surface area contributed by atoms with Crippen molar-refractivity contribution in [2.45, 2.75) is 19.4 Å². The summed E-state index contributed by atoms with van der Waals surface area (Å²) < 4.78 is 15.7. The van der Waals surface area contributed by atoms with Gasteiger partial charge in [-0.2, -0.15) is 0 Å². The van der Waals surface area contributed by atoms with Crippen LogP contribution in [0.3, 0.4) is 0 Å². The average Bonchev–Trinajstić information content (AvgIpc) is 2.66. The molecule has 1 aliphatic heterocycles. The van der Waals surface area contributed by atoms with Crippen LogP contribution in [0.1, 0.15) is 35.4 Å². The quantitative estimate of drug-likeness (QED) is 0.736. The van der Waals surface area contributed by atoms with Gasteiger partial charge in [0.2, 0.25) is 0 Å². The van der Waals surface area contributed by atoms with Gasteiger partial charge in [0.05, 0.1) is 19.8 Å². The monoisotopic (exact) mass is 222 g/mol. The van der Waals surface area contributed by atoms with Crippen molar-refractivity contribution in [2.75, 3.05) is 14.2 Å². The molecule has 1 aromatic rings. The second-order valence-electron chi connectivity index (χ2n) is 3.56. The Balaban J connectivity index is 2.64. The lowest BCUT2D eigenvalue weighted by Crippen LogP contribution is -1.99. The Morgan fingerprint density at radius 1 is 1.25 bits per heavy atom. The SMILES string of the molecule is CCC1OC(=O)c2c(OC)ccc(OC)c21. The molecule has 1 atom stereocenters. The fourth-order valence-electron chi connectivity index (χ4n) is 1.99. The molecule has 0 amide bonds. The van der Waals surface area contributed by atoms with Crippen LogP contribution in [-0.4, -0.2) is 20.2 Å². The smallest absolute Gasteiger partial charge is 0.343 e. The van der Waals surface area contributed by atoms with E-state index in [2.05, 4.69) is 0 Å². The normalized spacial score (nSPS) is 17.9. The van der Waals surface area contributed by atoms with Crippen molar-refractivity contribution in [2.24, 2.45) is 0 Å². The van der Waals surface area contributed by atoms with E-state index in [0.29, 0.717) is 17.1 Å². The van der Waals surface area contributed by atoms with E-state index in [1.807, 2.05) is 6.92 Å². The topological polar surface area (TPSA) is 44.8 Å². The summed E-state index contributed by atoms with van der Waals surface area (Å²) in [7, 11) is 3.12. The van der Waals surface area contributed by atoms with Gasteiger partial charge >= 0.3 is 5.97 Å². The molecule has 0 radical (unpaired) electrons. The number of fused-ring (bicyclic) bond motifs is 1. The first-order chi connectivity index (χ1) is 7.72. The lowest BCUT2D eigenvalue weighted by Gasteiger charge is -2.12. The number of esters is 1. The van der Waals surface area contributed by atoms with E-state index in [1.54, 1.807) is 19.2 Å². The number of hydrogen-bond donors (Lipinski definition) is 0. The van der Waals surface area contributed by atoms with Crippen molar-refractivity contribution in [3.63, 3.8) is 0 Å². The zero-order valence-electron chi connectivity index (χ0n) is 9.57. The molecule has 4 heteroatoms. The minimum absolute atomic E-state index is 0.229. The van der Waals surface area contributed by atoms with Crippen molar-refractivity contribution in [3.8, 4) is 11.5 Å². The third-order valence-corrected chi connectivity index (χ3v) is 2.75. The number of cyclic esters (lactones) is 1. The van der Waals surface area contributed by atoms with Crippen molar-refractivity contribution in [3.05, 3.63) is 23.3 Å². The highest BCUT2D eigenvalue weighted by atomic mass is 16.6. The first kappa shape index (κ1) is 10.8. The third-order valence-electron chi connectivity index (χ3n) is 2.75. The Morgan fingerprint density at radius 2 is 1.88 bits per heavy atom. The van der Waals surface area contributed by atoms with Gasteiger partial charge < -0.3 is 14.2 Å². The minimum Gasteiger partial charge on any atom is -0.496 e. The molecule has 1 heterocycles. The van der Waals surface area contributed by atoms with Crippen LogP contribution in [0.5, 0.6) is 11.5 Å². The molecule has 1 aliphatic rings. The highest BCUT2D eigenvalue weighted by molar-refractivity contribution is 5.98. The van der Waals surface area contributed by atoms with Gasteiger partial charge in [-0.1, -0.05) is 6.92 Å². The van der Waals surface area contributed by atoms with Crippen LogP contribution in [0.2, 0.25) is 0 Å². The number of hydrogen-bond acceptors (Lipinski definition) is 4. The molecular weight excluding hydrogens is 208 g/mol. The number of benzene rings is 1. The molecule has 0 aromatic heterocycles. The molecule has 86 valence electrons. The first-order valence-corrected chi connectivity index (χ1v) is 5.18. The molecule has 1 aromatic carbocycles. The van der Waals surface area contributed by atoms with Crippen LogP contribution in [0.25, 0.3) is 0 Å². The standard InChI is InChI=1S/C12H14O4/c1-4-7-10-8(14-2)5-6-9(15-3)11(10)12(13)16-7/h5-7H,4H2,1-3H3. The summed E-state index contributed by atoms with van der Waals surface area (Å²) in [5.74, 6) is 0.878. The van der Waals surface area contributed by atoms with E-state index in [0.717, 1.165) is 12.0 Å². The molecule has 0 saturated carbocycles. The lowest BCUT2D eigenvalue weighted by atomic mass is 10.0. The number of ether oxygens (including phenoxy) is 3. The number of carbonyl (C=O) groups excluding carboxylic acids is 1. The zero-order valence-corrected chi connectivity index (χ0v) is 9.57. The Labute approximate surface area is 94.1 Å². The third kappa shape index (κ3) is 1.41. The molecular formula is C12H14O4. The molecule has 16 heavy (non-hydrogen) atoms. The predicted octanol–water partition coefficient (Wildman–Crippen LogP) is 2.33. The van der Waals surface area contributed by atoms with Crippen molar-refractivity contribution in [1.82, 2.24) is 0 Å². The van der Waals surface area contributed by atoms with E-state index in [4.69, 9.17) is 14.2 Å². The fraction of sp³-hybridized carbons (Fsp3) is 0.417. The van der Waals surface area contributed by atoms with Crippen LogP contribution in [0.4, 0.5) is 0 Å². The largest absolute Gasteiger partial charge is 0.496 e. The van der Waals surface area contributed by atoms with E-state index in [1.165, 1.54) is 7.11 Å². The zero-order chi connectivity index (χ0) is 11.7. The van der Waals surface area contributed by atoms with E-state index < -0.39 is 0 Å². The van der Waals surface area contributed by atoms with Gasteiger partial charge in [-0.25, -0.2) is 4.79 Å². The highest BCUT2D eigenvalue weighted by Crippen LogP contribution is 2.43. The van der Waals surface area contributed by atoms with Gasteiger partial charge in [-0.15, -0.1) is 0 Å². The Morgan fingerprint density at radius 3 is 2.44 bits per heavy atom. The van der Waals surface area contributed by atoms with Gasteiger partial charge in [0.15, 0.2) is 0 Å². The summed E-state index contributed by atoms with van der Waals surface area (Å²) in [6.45, 7) is 1.96. The summed E-state index contributed by atoms with van der Waals surface area (Å²) in [5, 5.41) is 0. The van der Waals surface area contributed by atoms with Crippen molar-refractivity contribution >= 4 is 5.97 Å². The Hall–Kier alpha value is -1.71. The van der Waals surface area contributed by atoms with E-state index >= 15 is 0 Å². The molecule has 0 fully saturated rings. The second kappa shape index (κ2) is 4.04. The van der Waals surface area contributed by atoms with Gasteiger partial charge in [-0.3, -0.25) is 0 Å². The fourth-order valence-corrected chi connectivity index (χ4v) is 1.99. The van der Waals surface area contributed by atoms with Crippen LogP contribution in [0, 0.1) is 0 Å². The van der Waals surface area contributed by atoms with Crippen LogP contribution in [-0.2, 0) is 4.74 Å². The van der Waals surface area contributed by atoms with E-state index in [9.17, 15) is 4.79 Å². The summed E-state index contributed by atoms with van der Waals surface area (Å²) >= 11 is 0. The second-order valence-corrected chi connectivity index (χ2v) is 3.56. The lowest BCUT2D eigenvalue weighted by molar-refractivity contribution is 0.0374. The molecule has 2 rings (SSSR count). The van der Waals surface area contributed by atoms with E-state index in [-0.39, 0.29) is 12.1 Å². The number of methoxy groups -OCH3 is 2. The van der Waals surface area contributed by atoms with Crippen LogP contribution < -0.4 is 9.47 Å². The number of rotatable bonds is 3. The molecule has 1 unspecified atom stereocenters. The average molecular weight is 222 g/mol. The molecule has 0 spiro atoms. The maximum absolute atomic E-state index is 11.7. The van der Waals surface area contributed by atoms with Gasteiger partial charge in [0.1, 0.15) is 23.2 Å². The maximum atomic E-state index is 11.7. The van der Waals surface area contributed by atoms with Crippen LogP contribution >= 0.6 is 0 Å². The molecule has 0 bridgehead atoms. The summed E-state index contributed by atoms with van der Waals surface area (Å²) in [5.41, 5.74) is 1.29. The first-order valence-electron chi connectivity index (χ1n) is 5.18. The summed E-state index contributed by atoms with van der Waals surface area (Å²) in [6.07, 6.45) is 0.495. The molecule has 0 saturated heterocycles. The predicted molar refractivity (Wildman–Crippen MR) is 58.0 cm³/mol. The van der Waals surface area contributed by atoms with Crippen molar-refractivity contribution < 1.29 is 19.0 Å². The number of carbonyl (C=O) groups is 1. The maximum Gasteiger partial charge on any atom is 0.343 e. The van der Waals surface area contributed by atoms with Crippen LogP contribution in [0.15, 0.2) is 12.1 Å². The van der Waals surface area contributed by atoms with Gasteiger partial charge in [-0.05, 0) is 18.6 Å². The minimum atomic E-state index is -0.336. The highest BCUT2D eigenvalue weighted by Gasteiger charge is 2.35. The molecule has 0 aliphatic carbocycles. The van der Waals surface area contributed by atoms with Gasteiger partial charge in [0.25, 0.3) is 0 Å². The molecule has 4 nitrogen and oxygen atoms in total. The van der Waals surface area contributed by atoms with Gasteiger partial charge in [0, 0.05) is 0 Å². The Kier molecular flexibility index (Phi) is 2.73.